The van der Waals surface area contributed by atoms with Crippen molar-refractivity contribution in [2.24, 2.45) is 11.3 Å². The Labute approximate surface area is 104 Å². The van der Waals surface area contributed by atoms with Crippen LogP contribution in [-0.2, 0) is 9.59 Å². The summed E-state index contributed by atoms with van der Waals surface area (Å²) in [6.45, 7) is 7.97. The van der Waals surface area contributed by atoms with Crippen LogP contribution in [0, 0.1) is 11.3 Å². The van der Waals surface area contributed by atoms with Gasteiger partial charge in [0.15, 0.2) is 0 Å². The van der Waals surface area contributed by atoms with Crippen LogP contribution in [0.5, 0.6) is 0 Å². The monoisotopic (exact) mass is 243 g/mol. The Kier molecular flexibility index (Phi) is 6.85. The van der Waals surface area contributed by atoms with Crippen molar-refractivity contribution in [1.29, 1.82) is 0 Å². The smallest absolute Gasteiger partial charge is 0.311 e. The molecule has 0 aliphatic heterocycles. The van der Waals surface area contributed by atoms with Crippen LogP contribution in [0.4, 0.5) is 0 Å². The Balaban J connectivity index is 4.32. The molecule has 17 heavy (non-hydrogen) atoms. The fraction of sp³-hybridized carbons (Fsp3) is 0.846. The van der Waals surface area contributed by atoms with Crippen LogP contribution >= 0.6 is 0 Å². The lowest BCUT2D eigenvalue weighted by molar-refractivity contribution is -0.149. The first-order chi connectivity index (χ1) is 7.91. The Morgan fingerprint density at radius 2 is 1.76 bits per heavy atom. The molecule has 0 fully saturated rings. The molecule has 4 nitrogen and oxygen atoms in total. The second-order valence-electron chi connectivity index (χ2n) is 4.79. The molecule has 0 aromatic carbocycles. The van der Waals surface area contributed by atoms with Crippen molar-refractivity contribution in [3.8, 4) is 0 Å². The molecule has 1 unspecified atom stereocenters. The van der Waals surface area contributed by atoms with Gasteiger partial charge in [0.1, 0.15) is 0 Å². The maximum absolute atomic E-state index is 11.6. The highest BCUT2D eigenvalue weighted by Gasteiger charge is 2.35. The van der Waals surface area contributed by atoms with Crippen molar-refractivity contribution < 1.29 is 14.7 Å². The first-order valence-corrected chi connectivity index (χ1v) is 6.41. The summed E-state index contributed by atoms with van der Waals surface area (Å²) in [5.41, 5.74) is -0.814. The van der Waals surface area contributed by atoms with E-state index in [0.717, 1.165) is 6.42 Å². The number of amides is 1. The lowest BCUT2D eigenvalue weighted by Crippen LogP contribution is -2.42. The van der Waals surface area contributed by atoms with E-state index in [-0.39, 0.29) is 12.5 Å². The molecule has 0 heterocycles. The fourth-order valence-electron chi connectivity index (χ4n) is 1.68. The molecule has 100 valence electrons. The number of aliphatic carboxylic acids is 1. The second-order valence-corrected chi connectivity index (χ2v) is 4.79. The van der Waals surface area contributed by atoms with Gasteiger partial charge in [-0.3, -0.25) is 9.59 Å². The summed E-state index contributed by atoms with van der Waals surface area (Å²) in [6, 6.07) is 0. The van der Waals surface area contributed by atoms with Crippen LogP contribution in [0.25, 0.3) is 0 Å². The number of carboxylic acid groups (broad SMARTS) is 1. The van der Waals surface area contributed by atoms with Crippen molar-refractivity contribution in [3.63, 3.8) is 0 Å². The van der Waals surface area contributed by atoms with Gasteiger partial charge in [-0.2, -0.15) is 0 Å². The zero-order chi connectivity index (χ0) is 13.5. The minimum Gasteiger partial charge on any atom is -0.481 e. The zero-order valence-corrected chi connectivity index (χ0v) is 11.4. The normalized spacial score (nSPS) is 13.2. The van der Waals surface area contributed by atoms with Crippen molar-refractivity contribution in [3.05, 3.63) is 0 Å². The molecule has 1 atom stereocenters. The summed E-state index contributed by atoms with van der Waals surface area (Å²) in [6.07, 6.45) is 2.49. The van der Waals surface area contributed by atoms with Gasteiger partial charge in [0.05, 0.1) is 5.41 Å². The van der Waals surface area contributed by atoms with Crippen LogP contribution in [0.15, 0.2) is 0 Å². The van der Waals surface area contributed by atoms with Gasteiger partial charge in [-0.05, 0) is 18.8 Å². The lowest BCUT2D eigenvalue weighted by Gasteiger charge is -2.27. The molecule has 0 spiro atoms. The van der Waals surface area contributed by atoms with Crippen LogP contribution in [-0.4, -0.2) is 23.5 Å². The summed E-state index contributed by atoms with van der Waals surface area (Å²) >= 11 is 0. The molecule has 0 bridgehead atoms. The van der Waals surface area contributed by atoms with Gasteiger partial charge < -0.3 is 10.4 Å². The van der Waals surface area contributed by atoms with Gasteiger partial charge >= 0.3 is 5.97 Å². The Morgan fingerprint density at radius 1 is 1.24 bits per heavy atom. The van der Waals surface area contributed by atoms with Crippen LogP contribution in [0.3, 0.4) is 0 Å². The molecule has 2 N–H and O–H groups in total. The first-order valence-electron chi connectivity index (χ1n) is 6.41. The van der Waals surface area contributed by atoms with E-state index in [9.17, 15) is 14.7 Å². The summed E-state index contributed by atoms with van der Waals surface area (Å²) in [7, 11) is 0. The van der Waals surface area contributed by atoms with Crippen molar-refractivity contribution in [2.45, 2.75) is 53.4 Å². The highest BCUT2D eigenvalue weighted by molar-refractivity contribution is 5.79. The average Bonchev–Trinajstić information content (AvgIpc) is 2.30. The van der Waals surface area contributed by atoms with E-state index in [2.05, 4.69) is 5.32 Å². The number of carbonyl (C=O) groups excluding carboxylic acids is 1. The predicted octanol–water partition coefficient (Wildman–Crippen LogP) is 2.43. The van der Waals surface area contributed by atoms with Crippen molar-refractivity contribution in [1.82, 2.24) is 5.32 Å². The average molecular weight is 243 g/mol. The van der Waals surface area contributed by atoms with E-state index in [1.807, 2.05) is 27.7 Å². The van der Waals surface area contributed by atoms with Crippen LogP contribution in [0.2, 0.25) is 0 Å². The lowest BCUT2D eigenvalue weighted by atomic mass is 9.82. The Bertz CT molecular complexity index is 259. The fourth-order valence-corrected chi connectivity index (χ4v) is 1.68. The molecule has 0 aromatic rings. The largest absolute Gasteiger partial charge is 0.481 e. The quantitative estimate of drug-likeness (QED) is 0.688. The third kappa shape index (κ3) is 4.75. The third-order valence-electron chi connectivity index (χ3n) is 3.66. The Morgan fingerprint density at radius 3 is 2.12 bits per heavy atom. The van der Waals surface area contributed by atoms with Crippen LogP contribution < -0.4 is 5.32 Å². The maximum atomic E-state index is 11.6. The Hall–Kier alpha value is -1.06. The summed E-state index contributed by atoms with van der Waals surface area (Å²) < 4.78 is 0. The summed E-state index contributed by atoms with van der Waals surface area (Å²) in [5, 5.41) is 12.0. The number of carbonyl (C=O) groups is 2. The highest BCUT2D eigenvalue weighted by atomic mass is 16.4. The van der Waals surface area contributed by atoms with E-state index >= 15 is 0 Å². The molecule has 0 saturated carbocycles. The van der Waals surface area contributed by atoms with E-state index < -0.39 is 11.4 Å². The molecule has 4 heteroatoms. The van der Waals surface area contributed by atoms with E-state index in [1.165, 1.54) is 0 Å². The SMILES string of the molecule is CCC(C)CC(=O)NCC(CC)(CC)C(=O)O. The van der Waals surface area contributed by atoms with Crippen molar-refractivity contribution >= 4 is 11.9 Å². The molecular formula is C13H25NO3. The molecule has 0 rings (SSSR count). The molecule has 0 saturated heterocycles. The highest BCUT2D eigenvalue weighted by Crippen LogP contribution is 2.25. The maximum Gasteiger partial charge on any atom is 0.311 e. The number of rotatable bonds is 8. The van der Waals surface area contributed by atoms with Gasteiger partial charge in [0.2, 0.25) is 5.91 Å². The summed E-state index contributed by atoms with van der Waals surface area (Å²) in [5.74, 6) is -0.532. The van der Waals surface area contributed by atoms with Gasteiger partial charge in [-0.1, -0.05) is 34.1 Å². The van der Waals surface area contributed by atoms with E-state index in [1.54, 1.807) is 0 Å². The number of hydrogen-bond acceptors (Lipinski definition) is 2. The number of hydrogen-bond donors (Lipinski definition) is 2. The minimum atomic E-state index is -0.827. The van der Waals surface area contributed by atoms with Crippen LogP contribution in [0.1, 0.15) is 53.4 Å². The van der Waals surface area contributed by atoms with Gasteiger partial charge in [-0.15, -0.1) is 0 Å². The van der Waals surface area contributed by atoms with Gasteiger partial charge in [-0.25, -0.2) is 0 Å². The minimum absolute atomic E-state index is 0.0492. The molecular weight excluding hydrogens is 218 g/mol. The first kappa shape index (κ1) is 15.9. The number of carboxylic acids is 1. The molecule has 0 aliphatic rings. The predicted molar refractivity (Wildman–Crippen MR) is 67.7 cm³/mol. The van der Waals surface area contributed by atoms with Crippen molar-refractivity contribution in [2.75, 3.05) is 6.54 Å². The standard InChI is InChI=1S/C13H25NO3/c1-5-10(4)8-11(15)14-9-13(6-2,7-3)12(16)17/h10H,5-9H2,1-4H3,(H,14,15)(H,16,17). The molecule has 0 aromatic heterocycles. The molecule has 0 radical (unpaired) electrons. The number of nitrogens with one attached hydrogen (secondary N) is 1. The molecule has 0 aliphatic carbocycles. The zero-order valence-electron chi connectivity index (χ0n) is 11.4. The van der Waals surface area contributed by atoms with Gasteiger partial charge in [0, 0.05) is 13.0 Å². The molecule has 1 amide bonds. The van der Waals surface area contributed by atoms with E-state index in [0.29, 0.717) is 25.2 Å². The third-order valence-corrected chi connectivity index (χ3v) is 3.66. The summed E-state index contributed by atoms with van der Waals surface area (Å²) in [4.78, 5) is 22.8. The van der Waals surface area contributed by atoms with E-state index in [4.69, 9.17) is 0 Å². The second kappa shape index (κ2) is 7.30. The topological polar surface area (TPSA) is 66.4 Å². The van der Waals surface area contributed by atoms with Gasteiger partial charge in [0.25, 0.3) is 0 Å².